The number of rotatable bonds is 5. The quantitative estimate of drug-likeness (QED) is 0.841. The molecule has 0 aliphatic rings. The average molecular weight is 285 g/mol. The van der Waals surface area contributed by atoms with E-state index in [2.05, 4.69) is 11.8 Å². The normalized spacial score (nSPS) is 11.3. The molecule has 0 radical (unpaired) electrons. The molecule has 0 amide bonds. The summed E-state index contributed by atoms with van der Waals surface area (Å²) in [5.41, 5.74) is 1.48. The number of aliphatic hydroxyl groups excluding tert-OH is 1. The third kappa shape index (κ3) is 6.60. The Hall–Kier alpha value is -1.51. The van der Waals surface area contributed by atoms with Crippen molar-refractivity contribution in [2.45, 2.75) is 26.1 Å². The van der Waals surface area contributed by atoms with E-state index in [0.29, 0.717) is 18.5 Å². The molecule has 0 saturated heterocycles. The van der Waals surface area contributed by atoms with Crippen LogP contribution >= 0.6 is 0 Å². The van der Waals surface area contributed by atoms with Gasteiger partial charge in [0.1, 0.15) is 6.61 Å². The molecule has 0 heterocycles. The Morgan fingerprint density at radius 2 is 2.05 bits per heavy atom. The zero-order valence-corrected chi connectivity index (χ0v) is 11.4. The number of halogens is 3. The van der Waals surface area contributed by atoms with Gasteiger partial charge in [0.15, 0.2) is 0 Å². The molecule has 0 fully saturated rings. The molecule has 2 nitrogen and oxygen atoms in total. The molecule has 0 bridgehead atoms. The predicted octanol–water partition coefficient (Wildman–Crippen LogP) is 2.80. The summed E-state index contributed by atoms with van der Waals surface area (Å²) in [6.45, 7) is 1.34. The Morgan fingerprint density at radius 1 is 1.30 bits per heavy atom. The number of hydrogen-bond acceptors (Lipinski definition) is 2. The summed E-state index contributed by atoms with van der Waals surface area (Å²) in [6.07, 6.45) is -3.52. The van der Waals surface area contributed by atoms with Gasteiger partial charge in [-0.25, -0.2) is 0 Å². The van der Waals surface area contributed by atoms with Crippen LogP contribution < -0.4 is 0 Å². The van der Waals surface area contributed by atoms with Crippen molar-refractivity contribution in [2.24, 2.45) is 0 Å². The van der Waals surface area contributed by atoms with Crippen LogP contribution in [0.25, 0.3) is 0 Å². The monoisotopic (exact) mass is 285 g/mol. The fourth-order valence-corrected chi connectivity index (χ4v) is 1.93. The summed E-state index contributed by atoms with van der Waals surface area (Å²) >= 11 is 0. The number of benzene rings is 1. The fourth-order valence-electron chi connectivity index (χ4n) is 1.93. The lowest BCUT2D eigenvalue weighted by atomic mass is 10.1. The molecule has 110 valence electrons. The maximum Gasteiger partial charge on any atom is 0.401 e. The molecule has 0 aliphatic heterocycles. The Balaban J connectivity index is 2.77. The van der Waals surface area contributed by atoms with E-state index in [4.69, 9.17) is 5.11 Å². The van der Waals surface area contributed by atoms with Crippen molar-refractivity contribution in [3.8, 4) is 11.8 Å². The van der Waals surface area contributed by atoms with Crippen LogP contribution in [-0.2, 0) is 6.54 Å². The Kier molecular flexibility index (Phi) is 6.56. The van der Waals surface area contributed by atoms with Crippen molar-refractivity contribution in [1.82, 2.24) is 4.90 Å². The van der Waals surface area contributed by atoms with Crippen molar-refractivity contribution in [1.29, 1.82) is 0 Å². The molecular weight excluding hydrogens is 267 g/mol. The third-order valence-electron chi connectivity index (χ3n) is 2.59. The van der Waals surface area contributed by atoms with Crippen LogP contribution in [0.3, 0.4) is 0 Å². The maximum atomic E-state index is 12.5. The summed E-state index contributed by atoms with van der Waals surface area (Å²) in [6, 6.07) is 7.05. The highest BCUT2D eigenvalue weighted by Crippen LogP contribution is 2.18. The first-order chi connectivity index (χ1) is 9.44. The first-order valence-corrected chi connectivity index (χ1v) is 6.42. The van der Waals surface area contributed by atoms with Crippen LogP contribution in [0.1, 0.15) is 24.5 Å². The fraction of sp³-hybridized carbons (Fsp3) is 0.467. The predicted molar refractivity (Wildman–Crippen MR) is 72.0 cm³/mol. The molecule has 0 aromatic heterocycles. The molecule has 0 aliphatic carbocycles. The molecule has 0 atom stereocenters. The molecule has 5 heteroatoms. The smallest absolute Gasteiger partial charge is 0.384 e. The van der Waals surface area contributed by atoms with E-state index < -0.39 is 12.7 Å². The van der Waals surface area contributed by atoms with Crippen molar-refractivity contribution < 1.29 is 18.3 Å². The molecule has 0 spiro atoms. The van der Waals surface area contributed by atoms with Crippen LogP contribution in [-0.4, -0.2) is 35.9 Å². The molecule has 20 heavy (non-hydrogen) atoms. The number of alkyl halides is 3. The minimum atomic E-state index is -4.19. The lowest BCUT2D eigenvalue weighted by molar-refractivity contribution is -0.147. The second-order valence-corrected chi connectivity index (χ2v) is 4.49. The van der Waals surface area contributed by atoms with E-state index in [1.807, 2.05) is 6.92 Å². The molecule has 1 rings (SSSR count). The van der Waals surface area contributed by atoms with Gasteiger partial charge in [0.25, 0.3) is 0 Å². The van der Waals surface area contributed by atoms with Crippen molar-refractivity contribution in [2.75, 3.05) is 19.7 Å². The van der Waals surface area contributed by atoms with Gasteiger partial charge in [0.2, 0.25) is 0 Å². The maximum absolute atomic E-state index is 12.5. The standard InChI is InChI=1S/C15H18F3NO/c1-2-8-19(12-15(16,17)18)11-14-6-3-5-13(10-14)7-4-9-20/h3,5-6,10,20H,2,8-9,11-12H2,1H3. The van der Waals surface area contributed by atoms with Crippen LogP contribution in [0.2, 0.25) is 0 Å². The summed E-state index contributed by atoms with van der Waals surface area (Å²) < 4.78 is 37.5. The van der Waals surface area contributed by atoms with Gasteiger partial charge in [0.05, 0.1) is 6.54 Å². The molecule has 1 N–H and O–H groups in total. The Morgan fingerprint density at radius 3 is 2.65 bits per heavy atom. The summed E-state index contributed by atoms with van der Waals surface area (Å²) in [7, 11) is 0. The van der Waals surface area contributed by atoms with Gasteiger partial charge in [-0.05, 0) is 30.7 Å². The minimum absolute atomic E-state index is 0.236. The van der Waals surface area contributed by atoms with Crippen LogP contribution in [0, 0.1) is 11.8 Å². The first-order valence-electron chi connectivity index (χ1n) is 6.42. The van der Waals surface area contributed by atoms with Gasteiger partial charge < -0.3 is 5.11 Å². The van der Waals surface area contributed by atoms with Gasteiger partial charge in [-0.3, -0.25) is 4.90 Å². The lowest BCUT2D eigenvalue weighted by Gasteiger charge is -2.23. The SMILES string of the molecule is CCCN(Cc1cccc(C#CCO)c1)CC(F)(F)F. The average Bonchev–Trinajstić information content (AvgIpc) is 2.35. The second kappa shape index (κ2) is 7.93. The Bertz CT molecular complexity index is 474. The Labute approximate surface area is 117 Å². The zero-order chi connectivity index (χ0) is 15.0. The molecule has 0 unspecified atom stereocenters. The summed E-state index contributed by atoms with van der Waals surface area (Å²) in [5.74, 6) is 5.27. The molecular formula is C15H18F3NO. The van der Waals surface area contributed by atoms with Crippen molar-refractivity contribution in [3.05, 3.63) is 35.4 Å². The van der Waals surface area contributed by atoms with Gasteiger partial charge in [-0.1, -0.05) is 30.9 Å². The van der Waals surface area contributed by atoms with E-state index >= 15 is 0 Å². The number of nitrogens with zero attached hydrogens (tertiary/aromatic N) is 1. The van der Waals surface area contributed by atoms with Gasteiger partial charge in [0, 0.05) is 12.1 Å². The van der Waals surface area contributed by atoms with Crippen LogP contribution in [0.5, 0.6) is 0 Å². The largest absolute Gasteiger partial charge is 0.401 e. The van der Waals surface area contributed by atoms with E-state index in [0.717, 1.165) is 5.56 Å². The second-order valence-electron chi connectivity index (χ2n) is 4.49. The third-order valence-corrected chi connectivity index (χ3v) is 2.59. The van der Waals surface area contributed by atoms with E-state index in [1.54, 1.807) is 24.3 Å². The number of aliphatic hydroxyl groups is 1. The van der Waals surface area contributed by atoms with E-state index in [9.17, 15) is 13.2 Å². The highest BCUT2D eigenvalue weighted by molar-refractivity contribution is 5.37. The summed E-state index contributed by atoms with van der Waals surface area (Å²) in [4.78, 5) is 1.37. The number of hydrogen-bond donors (Lipinski definition) is 1. The van der Waals surface area contributed by atoms with E-state index in [-0.39, 0.29) is 13.2 Å². The minimum Gasteiger partial charge on any atom is -0.384 e. The molecule has 1 aromatic rings. The lowest BCUT2D eigenvalue weighted by Crippen LogP contribution is -2.34. The highest BCUT2D eigenvalue weighted by atomic mass is 19.4. The molecule has 0 saturated carbocycles. The van der Waals surface area contributed by atoms with Gasteiger partial charge in [-0.2, -0.15) is 13.2 Å². The van der Waals surface area contributed by atoms with Gasteiger partial charge in [-0.15, -0.1) is 0 Å². The van der Waals surface area contributed by atoms with E-state index in [1.165, 1.54) is 4.90 Å². The first kappa shape index (κ1) is 16.5. The topological polar surface area (TPSA) is 23.5 Å². The highest BCUT2D eigenvalue weighted by Gasteiger charge is 2.30. The summed E-state index contributed by atoms with van der Waals surface area (Å²) in [5, 5.41) is 8.63. The zero-order valence-electron chi connectivity index (χ0n) is 11.4. The van der Waals surface area contributed by atoms with Crippen molar-refractivity contribution >= 4 is 0 Å². The van der Waals surface area contributed by atoms with Crippen LogP contribution in [0.4, 0.5) is 13.2 Å². The van der Waals surface area contributed by atoms with Gasteiger partial charge >= 0.3 is 6.18 Å². The van der Waals surface area contributed by atoms with Crippen molar-refractivity contribution in [3.63, 3.8) is 0 Å². The van der Waals surface area contributed by atoms with Crippen LogP contribution in [0.15, 0.2) is 24.3 Å². The molecule has 1 aromatic carbocycles.